The summed E-state index contributed by atoms with van der Waals surface area (Å²) in [6.45, 7) is 0. The van der Waals surface area contributed by atoms with Gasteiger partial charge in [0.05, 0.1) is 20.3 Å². The van der Waals surface area contributed by atoms with Crippen molar-refractivity contribution in [1.29, 1.82) is 0 Å². The molecular formula is C35H26ClNO5. The molecule has 7 rings (SSSR count). The topological polar surface area (TPSA) is 72.9 Å². The minimum Gasteiger partial charge on any atom is -0.493 e. The Balaban J connectivity index is 1.59. The van der Waals surface area contributed by atoms with Gasteiger partial charge in [-0.1, -0.05) is 90.5 Å². The lowest BCUT2D eigenvalue weighted by atomic mass is 9.64. The second-order valence-electron chi connectivity index (χ2n) is 10.7. The van der Waals surface area contributed by atoms with Gasteiger partial charge in [0.25, 0.3) is 0 Å². The fourth-order valence-corrected chi connectivity index (χ4v) is 7.40. The SMILES string of the molecule is COc1cccc([C@@H]2[C@@H](C(=O)c3ccccc3)N3c4ccc(Cl)cc4C=CC3C23C(=O)c2ccccc2C3=O)c1OC. The van der Waals surface area contributed by atoms with Crippen LogP contribution in [0.15, 0.2) is 97.1 Å². The van der Waals surface area contributed by atoms with Gasteiger partial charge in [-0.05, 0) is 29.8 Å². The molecule has 3 aliphatic rings. The molecule has 1 fully saturated rings. The molecule has 0 saturated carbocycles. The molecule has 208 valence electrons. The molecule has 7 heteroatoms. The molecule has 1 spiro atoms. The largest absolute Gasteiger partial charge is 0.493 e. The molecule has 0 N–H and O–H groups in total. The number of methoxy groups -OCH3 is 2. The number of Topliss-reactive ketones (excluding diaryl/α,β-unsaturated/α-hetero) is 3. The summed E-state index contributed by atoms with van der Waals surface area (Å²) in [5.74, 6) is -0.915. The maximum atomic E-state index is 14.8. The zero-order valence-electron chi connectivity index (χ0n) is 22.9. The van der Waals surface area contributed by atoms with Gasteiger partial charge in [-0.15, -0.1) is 0 Å². The number of ketones is 3. The first-order chi connectivity index (χ1) is 20.4. The molecule has 0 bridgehead atoms. The maximum absolute atomic E-state index is 14.8. The van der Waals surface area contributed by atoms with Crippen molar-refractivity contribution < 1.29 is 23.9 Å². The summed E-state index contributed by atoms with van der Waals surface area (Å²) in [6.07, 6.45) is 3.77. The van der Waals surface area contributed by atoms with Crippen molar-refractivity contribution >= 4 is 40.7 Å². The Morgan fingerprint density at radius 2 is 1.52 bits per heavy atom. The van der Waals surface area contributed by atoms with Crippen molar-refractivity contribution in [3.8, 4) is 11.5 Å². The highest BCUT2D eigenvalue weighted by molar-refractivity contribution is 6.33. The molecule has 6 nitrogen and oxygen atoms in total. The van der Waals surface area contributed by atoms with E-state index in [-0.39, 0.29) is 17.3 Å². The van der Waals surface area contributed by atoms with E-state index >= 15 is 0 Å². The smallest absolute Gasteiger partial charge is 0.185 e. The van der Waals surface area contributed by atoms with Gasteiger partial charge in [0.2, 0.25) is 0 Å². The molecule has 0 aromatic heterocycles. The van der Waals surface area contributed by atoms with Crippen LogP contribution in [0.5, 0.6) is 11.5 Å². The van der Waals surface area contributed by atoms with Crippen LogP contribution in [-0.4, -0.2) is 43.7 Å². The maximum Gasteiger partial charge on any atom is 0.185 e. The molecule has 4 aromatic rings. The van der Waals surface area contributed by atoms with E-state index < -0.39 is 23.4 Å². The fraction of sp³-hybridized carbons (Fsp3) is 0.171. The van der Waals surface area contributed by atoms with Crippen molar-refractivity contribution in [2.45, 2.75) is 18.0 Å². The van der Waals surface area contributed by atoms with Crippen LogP contribution in [-0.2, 0) is 0 Å². The molecule has 1 aliphatic carbocycles. The number of rotatable bonds is 5. The van der Waals surface area contributed by atoms with Crippen molar-refractivity contribution in [3.63, 3.8) is 0 Å². The lowest BCUT2D eigenvalue weighted by Gasteiger charge is -2.37. The predicted molar refractivity (Wildman–Crippen MR) is 161 cm³/mol. The first kappa shape index (κ1) is 26.2. The standard InChI is InChI=1S/C35H26ClNO5/c1-41-27-14-8-13-25(32(27)42-2)29-30(31(38)20-9-4-3-5-10-20)37-26-17-16-22(36)19-21(26)15-18-28(37)35(29)33(39)23-11-6-7-12-24(23)34(35)40/h3-19,28-30H,1-2H3/t28?,29-,30+/m1/s1. The van der Waals surface area contributed by atoms with Gasteiger partial charge in [0.15, 0.2) is 28.8 Å². The summed E-state index contributed by atoms with van der Waals surface area (Å²) in [7, 11) is 3.06. The third-order valence-corrected chi connectivity index (χ3v) is 9.10. The number of carbonyl (C=O) groups is 3. The minimum absolute atomic E-state index is 0.208. The second kappa shape index (κ2) is 9.71. The van der Waals surface area contributed by atoms with E-state index in [2.05, 4.69) is 0 Å². The van der Waals surface area contributed by atoms with Crippen LogP contribution < -0.4 is 14.4 Å². The van der Waals surface area contributed by atoms with Crippen molar-refractivity contribution in [3.05, 3.63) is 130 Å². The minimum atomic E-state index is -1.65. The second-order valence-corrected chi connectivity index (χ2v) is 11.2. The Hall–Kier alpha value is -4.68. The average molecular weight is 576 g/mol. The monoisotopic (exact) mass is 575 g/mol. The van der Waals surface area contributed by atoms with Gasteiger partial charge < -0.3 is 14.4 Å². The van der Waals surface area contributed by atoms with E-state index in [1.807, 2.05) is 53.5 Å². The van der Waals surface area contributed by atoms with E-state index in [0.717, 1.165) is 11.3 Å². The number of para-hydroxylation sites is 1. The zero-order valence-corrected chi connectivity index (χ0v) is 23.7. The summed E-state index contributed by atoms with van der Waals surface area (Å²) in [5.41, 5.74) is 1.63. The number of nitrogens with zero attached hydrogens (tertiary/aromatic N) is 1. The third-order valence-electron chi connectivity index (χ3n) is 8.86. The number of ether oxygens (including phenoxy) is 2. The number of fused-ring (bicyclic) bond motifs is 5. The summed E-state index contributed by atoms with van der Waals surface area (Å²) < 4.78 is 11.5. The van der Waals surface area contributed by atoms with E-state index in [1.165, 1.54) is 14.2 Å². The summed E-state index contributed by atoms with van der Waals surface area (Å²) in [4.78, 5) is 46.3. The molecule has 0 amide bonds. The van der Waals surface area contributed by atoms with Crippen LogP contribution in [0.2, 0.25) is 5.02 Å². The van der Waals surface area contributed by atoms with E-state index in [4.69, 9.17) is 21.1 Å². The highest BCUT2D eigenvalue weighted by Crippen LogP contribution is 2.62. The van der Waals surface area contributed by atoms with Gasteiger partial charge in [0.1, 0.15) is 11.5 Å². The number of carbonyl (C=O) groups excluding carboxylic acids is 3. The number of anilines is 1. The van der Waals surface area contributed by atoms with Gasteiger partial charge in [-0.3, -0.25) is 14.4 Å². The van der Waals surface area contributed by atoms with Crippen molar-refractivity contribution in [2.24, 2.45) is 5.41 Å². The van der Waals surface area contributed by atoms with Gasteiger partial charge in [-0.25, -0.2) is 0 Å². The molecule has 1 saturated heterocycles. The van der Waals surface area contributed by atoms with Crippen LogP contribution in [0.4, 0.5) is 5.69 Å². The molecule has 3 atom stereocenters. The zero-order chi connectivity index (χ0) is 29.2. The van der Waals surface area contributed by atoms with Gasteiger partial charge in [-0.2, -0.15) is 0 Å². The number of hydrogen-bond acceptors (Lipinski definition) is 6. The Morgan fingerprint density at radius 3 is 2.19 bits per heavy atom. The predicted octanol–water partition coefficient (Wildman–Crippen LogP) is 6.67. The lowest BCUT2D eigenvalue weighted by Crippen LogP contribution is -2.48. The van der Waals surface area contributed by atoms with Crippen molar-refractivity contribution in [1.82, 2.24) is 0 Å². The number of halogens is 1. The van der Waals surface area contributed by atoms with Crippen LogP contribution >= 0.6 is 11.6 Å². The van der Waals surface area contributed by atoms with E-state index in [9.17, 15) is 14.4 Å². The summed E-state index contributed by atoms with van der Waals surface area (Å²) in [5, 5.41) is 0.545. The van der Waals surface area contributed by atoms with E-state index in [0.29, 0.717) is 38.8 Å². The Kier molecular flexibility index (Phi) is 6.06. The van der Waals surface area contributed by atoms with Gasteiger partial charge in [0, 0.05) is 38.9 Å². The van der Waals surface area contributed by atoms with Crippen molar-refractivity contribution in [2.75, 3.05) is 19.1 Å². The molecular weight excluding hydrogens is 550 g/mol. The van der Waals surface area contributed by atoms with Gasteiger partial charge >= 0.3 is 0 Å². The number of benzene rings is 4. The summed E-state index contributed by atoms with van der Waals surface area (Å²) in [6, 6.07) is 25.0. The van der Waals surface area contributed by atoms with Crippen LogP contribution in [0.3, 0.4) is 0 Å². The summed E-state index contributed by atoms with van der Waals surface area (Å²) >= 11 is 6.38. The third kappa shape index (κ3) is 3.42. The average Bonchev–Trinajstić information content (AvgIpc) is 3.46. The first-order valence-corrected chi connectivity index (χ1v) is 14.1. The molecule has 0 radical (unpaired) electrons. The van der Waals surface area contributed by atoms with Crippen LogP contribution in [0.25, 0.3) is 6.08 Å². The van der Waals surface area contributed by atoms with E-state index in [1.54, 1.807) is 54.6 Å². The Labute approximate surface area is 248 Å². The Bertz CT molecular complexity index is 1780. The molecule has 1 unspecified atom stereocenters. The fourth-order valence-electron chi connectivity index (χ4n) is 7.22. The normalized spacial score (nSPS) is 21.2. The molecule has 2 aliphatic heterocycles. The first-order valence-electron chi connectivity index (χ1n) is 13.7. The Morgan fingerprint density at radius 1 is 0.833 bits per heavy atom. The highest BCUT2D eigenvalue weighted by atomic mass is 35.5. The molecule has 2 heterocycles. The van der Waals surface area contributed by atoms with Crippen LogP contribution in [0.1, 0.15) is 48.1 Å². The molecule has 4 aromatic carbocycles. The lowest BCUT2D eigenvalue weighted by molar-refractivity contribution is 0.0664. The van der Waals surface area contributed by atoms with Crippen LogP contribution in [0, 0.1) is 5.41 Å². The quantitative estimate of drug-likeness (QED) is 0.195. The number of hydrogen-bond donors (Lipinski definition) is 0. The molecule has 42 heavy (non-hydrogen) atoms. The highest BCUT2D eigenvalue weighted by Gasteiger charge is 2.72.